The predicted molar refractivity (Wildman–Crippen MR) is 95.9 cm³/mol. The Balaban J connectivity index is 1.45. The fourth-order valence-corrected chi connectivity index (χ4v) is 2.93. The molecule has 0 fully saturated rings. The topological polar surface area (TPSA) is 84.2 Å². The highest BCUT2D eigenvalue weighted by molar-refractivity contribution is 7.13. The average molecular weight is 376 g/mol. The number of hydrogen-bond donors (Lipinski definition) is 2. The summed E-state index contributed by atoms with van der Waals surface area (Å²) in [5.74, 6) is 0.105. The fraction of sp³-hybridized carbons (Fsp3) is 0.118. The molecule has 2 N–H and O–H groups in total. The number of nitrogens with one attached hydrogen (secondary N) is 2. The van der Waals surface area contributed by atoms with Gasteiger partial charge in [0.1, 0.15) is 5.69 Å². The molecule has 0 aliphatic carbocycles. The first-order valence-corrected chi connectivity index (χ1v) is 8.70. The Morgan fingerprint density at radius 1 is 1.08 bits per heavy atom. The number of rotatable bonds is 6. The van der Waals surface area contributed by atoms with Crippen LogP contribution in [0.3, 0.4) is 0 Å². The summed E-state index contributed by atoms with van der Waals surface area (Å²) >= 11 is 7.11. The quantitative estimate of drug-likeness (QED) is 0.648. The lowest BCUT2D eigenvalue weighted by atomic mass is 10.2. The number of carbonyl (C=O) groups excluding carboxylic acids is 2. The van der Waals surface area contributed by atoms with Gasteiger partial charge < -0.3 is 15.1 Å². The highest BCUT2D eigenvalue weighted by Gasteiger charge is 2.13. The Labute approximate surface area is 152 Å². The van der Waals surface area contributed by atoms with E-state index >= 15 is 0 Å². The third-order valence-electron chi connectivity index (χ3n) is 3.27. The van der Waals surface area contributed by atoms with Gasteiger partial charge in [0, 0.05) is 29.1 Å². The summed E-state index contributed by atoms with van der Waals surface area (Å²) in [4.78, 5) is 28.2. The Kier molecular flexibility index (Phi) is 5.47. The van der Waals surface area contributed by atoms with E-state index < -0.39 is 0 Å². The molecule has 0 aliphatic heterocycles. The minimum absolute atomic E-state index is 0.223. The molecule has 0 aliphatic rings. The largest absolute Gasteiger partial charge is 0.462 e. The van der Waals surface area contributed by atoms with Crippen molar-refractivity contribution in [2.24, 2.45) is 0 Å². The summed E-state index contributed by atoms with van der Waals surface area (Å²) < 4.78 is 5.25. The van der Waals surface area contributed by atoms with Crippen molar-refractivity contribution in [2.75, 3.05) is 13.1 Å². The molecular formula is C17H14ClN3O3S. The summed E-state index contributed by atoms with van der Waals surface area (Å²) in [6, 6.07) is 10.1. The first-order valence-electron chi connectivity index (χ1n) is 7.45. The van der Waals surface area contributed by atoms with E-state index in [-0.39, 0.29) is 11.8 Å². The Morgan fingerprint density at radius 3 is 2.48 bits per heavy atom. The van der Waals surface area contributed by atoms with Gasteiger partial charge in [-0.05, 0) is 36.4 Å². The molecule has 2 heterocycles. The van der Waals surface area contributed by atoms with Crippen LogP contribution in [0.1, 0.15) is 20.8 Å². The van der Waals surface area contributed by atoms with Crippen molar-refractivity contribution < 1.29 is 14.0 Å². The highest BCUT2D eigenvalue weighted by Crippen LogP contribution is 2.23. The zero-order valence-electron chi connectivity index (χ0n) is 13.0. The van der Waals surface area contributed by atoms with E-state index in [2.05, 4.69) is 15.6 Å². The summed E-state index contributed by atoms with van der Waals surface area (Å²) in [5.41, 5.74) is 0.832. The highest BCUT2D eigenvalue weighted by atomic mass is 35.5. The molecule has 0 atom stereocenters. The minimum Gasteiger partial charge on any atom is -0.462 e. The molecule has 6 nitrogen and oxygen atoms in total. The van der Waals surface area contributed by atoms with Crippen molar-refractivity contribution in [2.45, 2.75) is 0 Å². The van der Waals surface area contributed by atoms with Crippen molar-refractivity contribution in [3.63, 3.8) is 0 Å². The molecule has 2 amide bonds. The van der Waals surface area contributed by atoms with Gasteiger partial charge >= 0.3 is 0 Å². The van der Waals surface area contributed by atoms with E-state index in [0.717, 1.165) is 0 Å². The lowest BCUT2D eigenvalue weighted by molar-refractivity contribution is 0.0925. The van der Waals surface area contributed by atoms with Crippen molar-refractivity contribution in [1.29, 1.82) is 0 Å². The molecule has 0 saturated heterocycles. The lowest BCUT2D eigenvalue weighted by Gasteiger charge is -2.06. The Hall–Kier alpha value is -2.64. The molecule has 8 heteroatoms. The van der Waals surface area contributed by atoms with Crippen LogP contribution in [0.4, 0.5) is 0 Å². The molecule has 1 aromatic carbocycles. The predicted octanol–water partition coefficient (Wildman–Crippen LogP) is 3.22. The maximum absolute atomic E-state index is 12.1. The van der Waals surface area contributed by atoms with Crippen LogP contribution in [0.5, 0.6) is 0 Å². The molecule has 0 bridgehead atoms. The third kappa shape index (κ3) is 4.46. The number of thiazole rings is 1. The van der Waals surface area contributed by atoms with E-state index in [1.165, 1.54) is 11.3 Å². The molecule has 3 aromatic rings. The van der Waals surface area contributed by atoms with Crippen molar-refractivity contribution >= 4 is 34.8 Å². The van der Waals surface area contributed by atoms with Crippen LogP contribution in [-0.2, 0) is 0 Å². The summed E-state index contributed by atoms with van der Waals surface area (Å²) in [7, 11) is 0. The second-order valence-electron chi connectivity index (χ2n) is 5.03. The molecular weight excluding hydrogens is 362 g/mol. The fourth-order valence-electron chi connectivity index (χ4n) is 2.04. The third-order valence-corrected chi connectivity index (χ3v) is 4.38. The minimum atomic E-state index is -0.296. The number of carbonyl (C=O) groups is 2. The van der Waals surface area contributed by atoms with Crippen molar-refractivity contribution in [3.05, 3.63) is 64.3 Å². The van der Waals surface area contributed by atoms with Crippen LogP contribution in [0.25, 0.3) is 10.8 Å². The zero-order valence-corrected chi connectivity index (χ0v) is 14.6. The van der Waals surface area contributed by atoms with Gasteiger partial charge in [0.15, 0.2) is 10.8 Å². The van der Waals surface area contributed by atoms with E-state index in [0.29, 0.717) is 40.1 Å². The molecule has 2 aromatic heterocycles. The van der Waals surface area contributed by atoms with Crippen LogP contribution < -0.4 is 10.6 Å². The summed E-state index contributed by atoms with van der Waals surface area (Å²) in [6.45, 7) is 0.605. The molecule has 128 valence electrons. The maximum atomic E-state index is 12.1. The van der Waals surface area contributed by atoms with E-state index in [1.807, 2.05) is 0 Å². The standard InChI is InChI=1S/C17H14ClN3O3S/c18-12-5-3-11(4-6-12)15(22)19-7-8-20-16(23)13-10-25-17(21-13)14-2-1-9-24-14/h1-6,9-10H,7-8H2,(H,19,22)(H,20,23). The molecule has 0 unspecified atom stereocenters. The van der Waals surface area contributed by atoms with Crippen LogP contribution in [0, 0.1) is 0 Å². The zero-order chi connectivity index (χ0) is 17.6. The molecule has 0 radical (unpaired) electrons. The second-order valence-corrected chi connectivity index (χ2v) is 6.33. The van der Waals surface area contributed by atoms with E-state index in [4.69, 9.17) is 16.0 Å². The monoisotopic (exact) mass is 375 g/mol. The number of hydrogen-bond acceptors (Lipinski definition) is 5. The number of aromatic nitrogens is 1. The van der Waals surface area contributed by atoms with Crippen molar-refractivity contribution in [3.8, 4) is 10.8 Å². The van der Waals surface area contributed by atoms with Crippen LogP contribution in [0.2, 0.25) is 5.02 Å². The smallest absolute Gasteiger partial charge is 0.270 e. The first-order chi connectivity index (χ1) is 12.1. The number of halogens is 1. The Morgan fingerprint density at radius 2 is 1.80 bits per heavy atom. The number of furan rings is 1. The van der Waals surface area contributed by atoms with Gasteiger partial charge in [-0.15, -0.1) is 11.3 Å². The van der Waals surface area contributed by atoms with Gasteiger partial charge in [0.05, 0.1) is 6.26 Å². The van der Waals surface area contributed by atoms with Gasteiger partial charge in [0.2, 0.25) is 0 Å². The normalized spacial score (nSPS) is 10.4. The van der Waals surface area contributed by atoms with Gasteiger partial charge in [-0.2, -0.15) is 0 Å². The van der Waals surface area contributed by atoms with Gasteiger partial charge in [0.25, 0.3) is 11.8 Å². The SMILES string of the molecule is O=C(NCCNC(=O)c1csc(-c2ccco2)n1)c1ccc(Cl)cc1. The van der Waals surface area contributed by atoms with Gasteiger partial charge in [-0.1, -0.05) is 11.6 Å². The van der Waals surface area contributed by atoms with Crippen LogP contribution in [-0.4, -0.2) is 29.9 Å². The van der Waals surface area contributed by atoms with E-state index in [9.17, 15) is 9.59 Å². The first kappa shape index (κ1) is 17.2. The number of amides is 2. The molecule has 25 heavy (non-hydrogen) atoms. The Bertz CT molecular complexity index is 860. The van der Waals surface area contributed by atoms with Crippen LogP contribution in [0.15, 0.2) is 52.5 Å². The average Bonchev–Trinajstić information content (AvgIpc) is 3.29. The van der Waals surface area contributed by atoms with Crippen LogP contribution >= 0.6 is 22.9 Å². The number of benzene rings is 1. The molecule has 0 saturated carbocycles. The second kappa shape index (κ2) is 7.96. The summed E-state index contributed by atoms with van der Waals surface area (Å²) in [5, 5.41) is 8.32. The lowest BCUT2D eigenvalue weighted by Crippen LogP contribution is -2.34. The summed E-state index contributed by atoms with van der Waals surface area (Å²) in [6.07, 6.45) is 1.56. The van der Waals surface area contributed by atoms with Gasteiger partial charge in [-0.25, -0.2) is 4.98 Å². The maximum Gasteiger partial charge on any atom is 0.270 e. The molecule has 0 spiro atoms. The van der Waals surface area contributed by atoms with Crippen molar-refractivity contribution in [1.82, 2.24) is 15.6 Å². The molecule has 3 rings (SSSR count). The number of nitrogens with zero attached hydrogens (tertiary/aromatic N) is 1. The van der Waals surface area contributed by atoms with Gasteiger partial charge in [-0.3, -0.25) is 9.59 Å². The van der Waals surface area contributed by atoms with E-state index in [1.54, 1.807) is 48.0 Å².